The highest BCUT2D eigenvalue weighted by Crippen LogP contribution is 2.36. The van der Waals surface area contributed by atoms with E-state index in [0.29, 0.717) is 5.82 Å². The van der Waals surface area contributed by atoms with Gasteiger partial charge in [0, 0.05) is 25.0 Å². The third-order valence-corrected chi connectivity index (χ3v) is 3.46. The second-order valence-corrected chi connectivity index (χ2v) is 4.78. The molecule has 0 amide bonds. The molecule has 3 rings (SSSR count). The number of hydrogen-bond acceptors (Lipinski definition) is 3. The lowest BCUT2D eigenvalue weighted by Crippen LogP contribution is -1.98. The zero-order valence-corrected chi connectivity index (χ0v) is 11.5. The van der Waals surface area contributed by atoms with Crippen LogP contribution in [-0.2, 0) is 7.05 Å². The maximum absolute atomic E-state index is 6.23. The average molecular weight is 264 g/mol. The third kappa shape index (κ3) is 1.95. The molecule has 0 atom stereocenters. The number of rotatable bonds is 2. The van der Waals surface area contributed by atoms with E-state index in [1.165, 1.54) is 5.56 Å². The second-order valence-electron chi connectivity index (χ2n) is 4.78. The van der Waals surface area contributed by atoms with Crippen molar-refractivity contribution in [3.05, 3.63) is 54.4 Å². The molecule has 0 bridgehead atoms. The molecule has 0 aliphatic carbocycles. The summed E-state index contributed by atoms with van der Waals surface area (Å²) in [5.74, 6) is 0.672. The standard InChI is InChI=1S/C16H16N4/c1-11-5-3-4-6-13(11)14-15(19-20(2)16(14)17)12-7-9-18-10-8-12/h3-10H,17H2,1-2H3. The van der Waals surface area contributed by atoms with E-state index >= 15 is 0 Å². The molecule has 4 nitrogen and oxygen atoms in total. The van der Waals surface area contributed by atoms with Crippen molar-refractivity contribution in [1.82, 2.24) is 14.8 Å². The normalized spacial score (nSPS) is 10.7. The number of benzene rings is 1. The molecule has 0 unspecified atom stereocenters. The maximum atomic E-state index is 6.23. The van der Waals surface area contributed by atoms with E-state index < -0.39 is 0 Å². The van der Waals surface area contributed by atoms with Crippen molar-refractivity contribution in [2.24, 2.45) is 7.05 Å². The van der Waals surface area contributed by atoms with Gasteiger partial charge in [-0.3, -0.25) is 9.67 Å². The molecule has 100 valence electrons. The molecule has 2 aromatic heterocycles. The summed E-state index contributed by atoms with van der Waals surface area (Å²) >= 11 is 0. The zero-order chi connectivity index (χ0) is 14.1. The van der Waals surface area contributed by atoms with Crippen LogP contribution in [0.3, 0.4) is 0 Å². The van der Waals surface area contributed by atoms with Crippen molar-refractivity contribution in [3.8, 4) is 22.4 Å². The fourth-order valence-electron chi connectivity index (χ4n) is 2.37. The summed E-state index contributed by atoms with van der Waals surface area (Å²) in [6, 6.07) is 12.1. The number of nitrogens with zero attached hydrogens (tertiary/aromatic N) is 3. The van der Waals surface area contributed by atoms with Crippen LogP contribution in [0.2, 0.25) is 0 Å². The minimum atomic E-state index is 0.672. The first kappa shape index (κ1) is 12.4. The fraction of sp³-hybridized carbons (Fsp3) is 0.125. The molecule has 0 aliphatic heterocycles. The van der Waals surface area contributed by atoms with Gasteiger partial charge in [0.2, 0.25) is 0 Å². The van der Waals surface area contributed by atoms with Gasteiger partial charge < -0.3 is 5.73 Å². The van der Waals surface area contributed by atoms with Gasteiger partial charge in [-0.1, -0.05) is 24.3 Å². The second kappa shape index (κ2) is 4.81. The zero-order valence-electron chi connectivity index (χ0n) is 11.5. The Balaban J connectivity index is 2.29. The van der Waals surface area contributed by atoms with Gasteiger partial charge >= 0.3 is 0 Å². The predicted octanol–water partition coefficient (Wildman–Crippen LogP) is 3.04. The molecule has 20 heavy (non-hydrogen) atoms. The predicted molar refractivity (Wildman–Crippen MR) is 81.0 cm³/mol. The Labute approximate surface area is 117 Å². The summed E-state index contributed by atoms with van der Waals surface area (Å²) in [5, 5.41) is 4.56. The number of hydrogen-bond donors (Lipinski definition) is 1. The van der Waals surface area contributed by atoms with Crippen LogP contribution >= 0.6 is 0 Å². The van der Waals surface area contributed by atoms with E-state index in [4.69, 9.17) is 5.73 Å². The number of anilines is 1. The Kier molecular flexibility index (Phi) is 2.99. The quantitative estimate of drug-likeness (QED) is 0.774. The highest BCUT2D eigenvalue weighted by atomic mass is 15.3. The van der Waals surface area contributed by atoms with Crippen molar-refractivity contribution in [3.63, 3.8) is 0 Å². The molecule has 4 heteroatoms. The first-order valence-corrected chi connectivity index (χ1v) is 6.47. The summed E-state index contributed by atoms with van der Waals surface area (Å²) in [7, 11) is 1.86. The van der Waals surface area contributed by atoms with E-state index in [1.54, 1.807) is 17.1 Å². The topological polar surface area (TPSA) is 56.7 Å². The van der Waals surface area contributed by atoms with Crippen molar-refractivity contribution in [2.75, 3.05) is 5.73 Å². The molecule has 3 aromatic rings. The molecular formula is C16H16N4. The van der Waals surface area contributed by atoms with Crippen LogP contribution in [0.1, 0.15) is 5.56 Å². The van der Waals surface area contributed by atoms with Crippen molar-refractivity contribution in [2.45, 2.75) is 6.92 Å². The molecule has 0 radical (unpaired) electrons. The summed E-state index contributed by atoms with van der Waals surface area (Å²) in [5.41, 5.74) is 11.4. The Morgan fingerprint density at radius 3 is 2.45 bits per heavy atom. The monoisotopic (exact) mass is 264 g/mol. The van der Waals surface area contributed by atoms with Crippen LogP contribution < -0.4 is 5.73 Å². The number of nitrogen functional groups attached to an aromatic ring is 1. The average Bonchev–Trinajstić information content (AvgIpc) is 2.77. The van der Waals surface area contributed by atoms with Gasteiger partial charge in [0.05, 0.1) is 5.56 Å². The van der Waals surface area contributed by atoms with Gasteiger partial charge in [0.25, 0.3) is 0 Å². The number of pyridine rings is 1. The van der Waals surface area contributed by atoms with Gasteiger partial charge in [-0.2, -0.15) is 5.10 Å². The number of aromatic nitrogens is 3. The van der Waals surface area contributed by atoms with Crippen LogP contribution in [0.4, 0.5) is 5.82 Å². The number of nitrogens with two attached hydrogens (primary N) is 1. The highest BCUT2D eigenvalue weighted by Gasteiger charge is 2.18. The Morgan fingerprint density at radius 1 is 1.05 bits per heavy atom. The van der Waals surface area contributed by atoms with E-state index in [2.05, 4.69) is 29.1 Å². The number of aryl methyl sites for hydroxylation is 2. The highest BCUT2D eigenvalue weighted by molar-refractivity contribution is 5.89. The molecule has 0 aliphatic rings. The Bertz CT molecular complexity index is 744. The lowest BCUT2D eigenvalue weighted by Gasteiger charge is -2.07. The van der Waals surface area contributed by atoms with Gasteiger partial charge in [-0.25, -0.2) is 0 Å². The molecule has 1 aromatic carbocycles. The first-order chi connectivity index (χ1) is 9.68. The fourth-order valence-corrected chi connectivity index (χ4v) is 2.37. The lowest BCUT2D eigenvalue weighted by atomic mass is 9.98. The van der Waals surface area contributed by atoms with Crippen molar-refractivity contribution < 1.29 is 0 Å². The SMILES string of the molecule is Cc1ccccc1-c1c(-c2ccncc2)nn(C)c1N. The molecular weight excluding hydrogens is 248 g/mol. The van der Waals surface area contributed by atoms with Crippen molar-refractivity contribution >= 4 is 5.82 Å². The molecule has 2 heterocycles. The smallest absolute Gasteiger partial charge is 0.129 e. The molecule has 0 fully saturated rings. The summed E-state index contributed by atoms with van der Waals surface area (Å²) in [6.07, 6.45) is 3.53. The molecule has 0 spiro atoms. The van der Waals surface area contributed by atoms with Crippen LogP contribution in [0.25, 0.3) is 22.4 Å². The summed E-state index contributed by atoms with van der Waals surface area (Å²) in [6.45, 7) is 2.08. The molecule has 2 N–H and O–H groups in total. The van der Waals surface area contributed by atoms with E-state index in [0.717, 1.165) is 22.4 Å². The van der Waals surface area contributed by atoms with E-state index in [-0.39, 0.29) is 0 Å². The Morgan fingerprint density at radius 2 is 1.75 bits per heavy atom. The molecule has 0 saturated carbocycles. The van der Waals surface area contributed by atoms with Crippen LogP contribution in [-0.4, -0.2) is 14.8 Å². The van der Waals surface area contributed by atoms with Crippen LogP contribution in [0.5, 0.6) is 0 Å². The maximum Gasteiger partial charge on any atom is 0.129 e. The largest absolute Gasteiger partial charge is 0.383 e. The van der Waals surface area contributed by atoms with E-state index in [9.17, 15) is 0 Å². The van der Waals surface area contributed by atoms with Gasteiger partial charge in [-0.05, 0) is 30.2 Å². The van der Waals surface area contributed by atoms with E-state index in [1.807, 2.05) is 31.3 Å². The summed E-state index contributed by atoms with van der Waals surface area (Å²) in [4.78, 5) is 4.05. The van der Waals surface area contributed by atoms with Crippen LogP contribution in [0, 0.1) is 6.92 Å². The third-order valence-electron chi connectivity index (χ3n) is 3.46. The Hall–Kier alpha value is -2.62. The minimum absolute atomic E-state index is 0.672. The minimum Gasteiger partial charge on any atom is -0.383 e. The first-order valence-electron chi connectivity index (χ1n) is 6.47. The van der Waals surface area contributed by atoms with Gasteiger partial charge in [0.15, 0.2) is 0 Å². The van der Waals surface area contributed by atoms with Gasteiger partial charge in [0.1, 0.15) is 11.5 Å². The summed E-state index contributed by atoms with van der Waals surface area (Å²) < 4.78 is 1.72. The van der Waals surface area contributed by atoms with Gasteiger partial charge in [-0.15, -0.1) is 0 Å². The van der Waals surface area contributed by atoms with Crippen LogP contribution in [0.15, 0.2) is 48.8 Å². The lowest BCUT2D eigenvalue weighted by molar-refractivity contribution is 0.782. The van der Waals surface area contributed by atoms with Crippen molar-refractivity contribution in [1.29, 1.82) is 0 Å². The molecule has 0 saturated heterocycles.